The predicted octanol–water partition coefficient (Wildman–Crippen LogP) is 1.37. The number of rotatable bonds is 2. The van der Waals surface area contributed by atoms with E-state index in [1.165, 1.54) is 11.4 Å². The summed E-state index contributed by atoms with van der Waals surface area (Å²) in [5.74, 6) is 7.90. The van der Waals surface area contributed by atoms with Crippen LogP contribution >= 0.6 is 0 Å². The third-order valence-electron chi connectivity index (χ3n) is 4.37. The summed E-state index contributed by atoms with van der Waals surface area (Å²) in [7, 11) is 0. The summed E-state index contributed by atoms with van der Waals surface area (Å²) in [6.07, 6.45) is 13.0. The maximum absolute atomic E-state index is 6.11. The molecule has 0 aromatic carbocycles. The molecule has 0 aromatic rings. The predicted molar refractivity (Wildman–Crippen MR) is 82.5 cm³/mol. The van der Waals surface area contributed by atoms with Crippen LogP contribution in [-0.4, -0.2) is 41.6 Å². The Kier molecular flexibility index (Phi) is 3.68. The van der Waals surface area contributed by atoms with Gasteiger partial charge in [-0.1, -0.05) is 44.2 Å². The van der Waals surface area contributed by atoms with Gasteiger partial charge in [0.2, 0.25) is 0 Å². The van der Waals surface area contributed by atoms with Gasteiger partial charge >= 0.3 is 0 Å². The average molecular weight is 272 g/mol. The third-order valence-corrected chi connectivity index (χ3v) is 4.37. The van der Waals surface area contributed by atoms with Crippen LogP contribution in [0.5, 0.6) is 0 Å². The van der Waals surface area contributed by atoms with Gasteiger partial charge in [-0.2, -0.15) is 0 Å². The van der Waals surface area contributed by atoms with E-state index in [2.05, 4.69) is 60.5 Å². The molecule has 4 heteroatoms. The van der Waals surface area contributed by atoms with Gasteiger partial charge in [-0.15, -0.1) is 0 Å². The molecule has 1 saturated heterocycles. The van der Waals surface area contributed by atoms with Gasteiger partial charge in [-0.25, -0.2) is 5.01 Å². The van der Waals surface area contributed by atoms with Gasteiger partial charge in [0.1, 0.15) is 5.82 Å². The largest absolute Gasteiger partial charge is 0.361 e. The fraction of sp³-hybridized carbons (Fsp3) is 0.500. The lowest BCUT2D eigenvalue weighted by Crippen LogP contribution is -2.59. The molecule has 2 aliphatic heterocycles. The second kappa shape index (κ2) is 5.46. The fourth-order valence-electron chi connectivity index (χ4n) is 3.06. The van der Waals surface area contributed by atoms with E-state index in [9.17, 15) is 0 Å². The van der Waals surface area contributed by atoms with Crippen molar-refractivity contribution in [2.24, 2.45) is 11.8 Å². The Morgan fingerprint density at radius 2 is 2.10 bits per heavy atom. The van der Waals surface area contributed by atoms with E-state index in [4.69, 9.17) is 5.84 Å². The zero-order valence-electron chi connectivity index (χ0n) is 12.3. The first-order valence-electron chi connectivity index (χ1n) is 7.45. The van der Waals surface area contributed by atoms with Crippen LogP contribution in [-0.2, 0) is 0 Å². The minimum atomic E-state index is 0.313. The molecule has 3 rings (SSSR count). The highest BCUT2D eigenvalue weighted by Gasteiger charge is 2.29. The van der Waals surface area contributed by atoms with Gasteiger partial charge < -0.3 is 10.2 Å². The number of nitrogens with zero attached hydrogens (tertiary/aromatic N) is 2. The summed E-state index contributed by atoms with van der Waals surface area (Å²) < 4.78 is 0. The summed E-state index contributed by atoms with van der Waals surface area (Å²) in [5, 5.41) is 5.62. The minimum Gasteiger partial charge on any atom is -0.361 e. The molecule has 0 amide bonds. The van der Waals surface area contributed by atoms with E-state index in [1.54, 1.807) is 0 Å². The van der Waals surface area contributed by atoms with E-state index in [0.717, 1.165) is 19.6 Å². The number of nitrogens with one attached hydrogen (secondary N) is 1. The van der Waals surface area contributed by atoms with Crippen LogP contribution in [0.1, 0.15) is 13.8 Å². The van der Waals surface area contributed by atoms with Crippen LogP contribution in [0.15, 0.2) is 47.9 Å². The molecule has 4 nitrogen and oxygen atoms in total. The summed E-state index contributed by atoms with van der Waals surface area (Å²) in [6, 6.07) is 0.729. The number of hydrogen-bond acceptors (Lipinski definition) is 4. The highest BCUT2D eigenvalue weighted by Crippen LogP contribution is 2.22. The van der Waals surface area contributed by atoms with Crippen molar-refractivity contribution in [1.29, 1.82) is 0 Å². The lowest BCUT2D eigenvalue weighted by Gasteiger charge is -2.44. The number of fused-ring (bicyclic) bond motifs is 1. The molecule has 3 aliphatic rings. The number of piperazine rings is 1. The molecular weight excluding hydrogens is 248 g/mol. The highest BCUT2D eigenvalue weighted by atomic mass is 15.5. The van der Waals surface area contributed by atoms with Crippen molar-refractivity contribution in [1.82, 2.24) is 15.2 Å². The number of hydrazine groups is 1. The van der Waals surface area contributed by atoms with Crippen LogP contribution in [0.4, 0.5) is 0 Å². The van der Waals surface area contributed by atoms with Crippen LogP contribution in [0.2, 0.25) is 0 Å². The van der Waals surface area contributed by atoms with Gasteiger partial charge in [0.25, 0.3) is 0 Å². The second-order valence-corrected chi connectivity index (χ2v) is 6.08. The lowest BCUT2D eigenvalue weighted by molar-refractivity contribution is 0.0629. The fourth-order valence-corrected chi connectivity index (χ4v) is 3.06. The van der Waals surface area contributed by atoms with E-state index >= 15 is 0 Å². The number of nitrogens with two attached hydrogens (primary N) is 1. The van der Waals surface area contributed by atoms with Crippen molar-refractivity contribution < 1.29 is 0 Å². The maximum Gasteiger partial charge on any atom is 0.102 e. The molecule has 0 saturated carbocycles. The number of hydrogen-bond donors (Lipinski definition) is 2. The van der Waals surface area contributed by atoms with E-state index in [0.29, 0.717) is 18.0 Å². The first-order valence-corrected chi connectivity index (χ1v) is 7.45. The molecule has 2 heterocycles. The number of dihydropyridines is 1. The molecule has 0 bridgehead atoms. The molecule has 2 unspecified atom stereocenters. The van der Waals surface area contributed by atoms with Gasteiger partial charge in [-0.05, 0) is 17.6 Å². The molecule has 108 valence electrons. The Hall–Kier alpha value is -1.52. The maximum atomic E-state index is 6.11. The molecule has 1 aliphatic carbocycles. The SMILES string of the molecule is CC(C)C1CN(C2=CC=C3C=CC=CC3N2)CCN1N. The van der Waals surface area contributed by atoms with E-state index in [1.807, 2.05) is 5.01 Å². The average Bonchev–Trinajstić information content (AvgIpc) is 2.47. The van der Waals surface area contributed by atoms with Gasteiger partial charge in [0, 0.05) is 25.7 Å². The van der Waals surface area contributed by atoms with Crippen molar-refractivity contribution in [3.8, 4) is 0 Å². The molecule has 1 fully saturated rings. The van der Waals surface area contributed by atoms with Gasteiger partial charge in [0.05, 0.1) is 6.04 Å². The monoisotopic (exact) mass is 272 g/mol. The van der Waals surface area contributed by atoms with Crippen LogP contribution in [0.25, 0.3) is 0 Å². The van der Waals surface area contributed by atoms with Crippen molar-refractivity contribution in [2.75, 3.05) is 19.6 Å². The summed E-state index contributed by atoms with van der Waals surface area (Å²) >= 11 is 0. The van der Waals surface area contributed by atoms with Crippen molar-refractivity contribution in [2.45, 2.75) is 25.9 Å². The zero-order chi connectivity index (χ0) is 14.1. The van der Waals surface area contributed by atoms with Crippen LogP contribution in [0.3, 0.4) is 0 Å². The summed E-state index contributed by atoms with van der Waals surface area (Å²) in [6.45, 7) is 7.36. The van der Waals surface area contributed by atoms with Crippen molar-refractivity contribution >= 4 is 0 Å². The van der Waals surface area contributed by atoms with Crippen LogP contribution < -0.4 is 11.2 Å². The smallest absolute Gasteiger partial charge is 0.102 e. The quantitative estimate of drug-likeness (QED) is 0.745. The Morgan fingerprint density at radius 3 is 2.90 bits per heavy atom. The molecule has 2 atom stereocenters. The van der Waals surface area contributed by atoms with E-state index in [-0.39, 0.29) is 0 Å². The molecule has 20 heavy (non-hydrogen) atoms. The van der Waals surface area contributed by atoms with Crippen LogP contribution in [0, 0.1) is 5.92 Å². The molecular formula is C16H24N4. The van der Waals surface area contributed by atoms with E-state index < -0.39 is 0 Å². The normalized spacial score (nSPS) is 29.9. The van der Waals surface area contributed by atoms with Gasteiger partial charge in [-0.3, -0.25) is 5.84 Å². The highest BCUT2D eigenvalue weighted by molar-refractivity contribution is 5.42. The molecule has 0 radical (unpaired) electrons. The van der Waals surface area contributed by atoms with Crippen molar-refractivity contribution in [3.63, 3.8) is 0 Å². The second-order valence-electron chi connectivity index (χ2n) is 6.08. The summed E-state index contributed by atoms with van der Waals surface area (Å²) in [5.41, 5.74) is 1.33. The Bertz CT molecular complexity index is 487. The lowest BCUT2D eigenvalue weighted by atomic mass is 9.98. The Morgan fingerprint density at radius 1 is 1.25 bits per heavy atom. The van der Waals surface area contributed by atoms with Gasteiger partial charge in [0.15, 0.2) is 0 Å². The Balaban J connectivity index is 1.74. The first-order chi connectivity index (χ1) is 9.65. The topological polar surface area (TPSA) is 44.5 Å². The third kappa shape index (κ3) is 2.53. The molecule has 0 aromatic heterocycles. The zero-order valence-corrected chi connectivity index (χ0v) is 12.3. The number of allylic oxidation sites excluding steroid dienone is 4. The standard InChI is InChI=1S/C16H24N4/c1-12(2)15-11-19(9-10-20(15)17)16-8-7-13-5-3-4-6-14(13)18-16/h3-8,12,14-15,18H,9-11,17H2,1-2H3. The first kappa shape index (κ1) is 13.5. The van der Waals surface area contributed by atoms with Crippen molar-refractivity contribution in [3.05, 3.63) is 47.9 Å². The molecule has 3 N–H and O–H groups in total. The Labute approximate surface area is 121 Å². The minimum absolute atomic E-state index is 0.313. The molecule has 0 spiro atoms. The summed E-state index contributed by atoms with van der Waals surface area (Å²) in [4.78, 5) is 2.42.